The van der Waals surface area contributed by atoms with Gasteiger partial charge in [0, 0.05) is 43.2 Å². The minimum atomic E-state index is -2.99. The molecule has 8 heteroatoms. The Morgan fingerprint density at radius 1 is 1.28 bits per heavy atom. The SMILES string of the molecule is CN1C(=O)c2cccc(OC(F)F)c2[C@H]2CC1c1nc3ccc(C#CCCCO)cc3n12. The zero-order chi connectivity index (χ0) is 22.4. The number of nitrogens with zero attached hydrogens (tertiary/aromatic N) is 3. The number of carbonyl (C=O) groups is 1. The molecule has 3 aromatic rings. The third-order valence-corrected chi connectivity index (χ3v) is 6.10. The Morgan fingerprint density at radius 3 is 2.91 bits per heavy atom. The van der Waals surface area contributed by atoms with Crippen molar-refractivity contribution in [2.45, 2.75) is 38.0 Å². The highest BCUT2D eigenvalue weighted by atomic mass is 19.3. The van der Waals surface area contributed by atoms with Crippen molar-refractivity contribution in [1.29, 1.82) is 0 Å². The van der Waals surface area contributed by atoms with E-state index in [-0.39, 0.29) is 30.3 Å². The van der Waals surface area contributed by atoms with E-state index >= 15 is 0 Å². The molecule has 164 valence electrons. The van der Waals surface area contributed by atoms with Gasteiger partial charge < -0.3 is 19.3 Å². The highest BCUT2D eigenvalue weighted by Crippen LogP contribution is 2.49. The van der Waals surface area contributed by atoms with Gasteiger partial charge in [-0.25, -0.2) is 4.98 Å². The Morgan fingerprint density at radius 2 is 2.12 bits per heavy atom. The van der Waals surface area contributed by atoms with E-state index in [2.05, 4.69) is 11.8 Å². The average molecular weight is 437 g/mol. The summed E-state index contributed by atoms with van der Waals surface area (Å²) in [6, 6.07) is 9.77. The van der Waals surface area contributed by atoms with Gasteiger partial charge in [-0.2, -0.15) is 8.78 Å². The highest BCUT2D eigenvalue weighted by Gasteiger charge is 2.44. The lowest BCUT2D eigenvalue weighted by Crippen LogP contribution is -2.30. The highest BCUT2D eigenvalue weighted by molar-refractivity contribution is 5.97. The lowest BCUT2D eigenvalue weighted by atomic mass is 9.97. The average Bonchev–Trinajstić information content (AvgIpc) is 3.29. The normalized spacial score (nSPS) is 18.9. The molecule has 2 aliphatic heterocycles. The number of benzene rings is 2. The van der Waals surface area contributed by atoms with Crippen LogP contribution in [0.25, 0.3) is 11.0 Å². The molecule has 0 aliphatic carbocycles. The molecule has 0 fully saturated rings. The molecule has 0 spiro atoms. The van der Waals surface area contributed by atoms with E-state index in [4.69, 9.17) is 14.8 Å². The first-order valence-electron chi connectivity index (χ1n) is 10.5. The van der Waals surface area contributed by atoms with Crippen LogP contribution in [0.1, 0.15) is 58.7 Å². The lowest BCUT2D eigenvalue weighted by Gasteiger charge is -2.24. The molecule has 5 rings (SSSR count). The van der Waals surface area contributed by atoms with Crippen LogP contribution in [0.15, 0.2) is 36.4 Å². The topological polar surface area (TPSA) is 67.6 Å². The fourth-order valence-corrected chi connectivity index (χ4v) is 4.69. The molecule has 0 saturated carbocycles. The van der Waals surface area contributed by atoms with E-state index in [0.29, 0.717) is 30.4 Å². The predicted molar refractivity (Wildman–Crippen MR) is 114 cm³/mol. The number of amides is 1. The lowest BCUT2D eigenvalue weighted by molar-refractivity contribution is -0.0507. The molecular weight excluding hydrogens is 416 g/mol. The number of rotatable bonds is 4. The minimum Gasteiger partial charge on any atom is -0.434 e. The summed E-state index contributed by atoms with van der Waals surface area (Å²) in [6.45, 7) is -2.89. The van der Waals surface area contributed by atoms with Crippen LogP contribution in [0.5, 0.6) is 5.75 Å². The van der Waals surface area contributed by atoms with Gasteiger partial charge in [-0.05, 0) is 36.8 Å². The second kappa shape index (κ2) is 7.92. The van der Waals surface area contributed by atoms with Crippen LogP contribution >= 0.6 is 0 Å². The molecule has 3 heterocycles. The fourth-order valence-electron chi connectivity index (χ4n) is 4.69. The number of alkyl halides is 2. The van der Waals surface area contributed by atoms with Crippen molar-refractivity contribution in [3.8, 4) is 17.6 Å². The summed E-state index contributed by atoms with van der Waals surface area (Å²) >= 11 is 0. The molecule has 6 nitrogen and oxygen atoms in total. The van der Waals surface area contributed by atoms with Gasteiger partial charge in [-0.15, -0.1) is 0 Å². The van der Waals surface area contributed by atoms with Crippen LogP contribution in [0.4, 0.5) is 8.78 Å². The van der Waals surface area contributed by atoms with Crippen molar-refractivity contribution in [2.24, 2.45) is 0 Å². The van der Waals surface area contributed by atoms with Crippen molar-refractivity contribution in [3.63, 3.8) is 0 Å². The molecule has 2 aromatic carbocycles. The number of aliphatic hydroxyl groups excluding tert-OH is 1. The van der Waals surface area contributed by atoms with Crippen molar-refractivity contribution >= 4 is 16.9 Å². The third-order valence-electron chi connectivity index (χ3n) is 6.10. The molecule has 0 saturated heterocycles. The van der Waals surface area contributed by atoms with E-state index in [1.54, 1.807) is 24.1 Å². The number of halogens is 2. The molecule has 2 aliphatic rings. The Bertz CT molecular complexity index is 1270. The monoisotopic (exact) mass is 437 g/mol. The summed E-state index contributed by atoms with van der Waals surface area (Å²) in [5.41, 5.74) is 3.23. The first-order chi connectivity index (χ1) is 15.5. The zero-order valence-electron chi connectivity index (χ0n) is 17.4. The van der Waals surface area contributed by atoms with Gasteiger partial charge in [0.25, 0.3) is 5.91 Å². The molecule has 1 N–H and O–H groups in total. The van der Waals surface area contributed by atoms with Gasteiger partial charge in [0.15, 0.2) is 0 Å². The molecular formula is C24H21F2N3O3. The second-order valence-corrected chi connectivity index (χ2v) is 7.95. The number of unbranched alkanes of at least 4 members (excludes halogenated alkanes) is 1. The fraction of sp³-hybridized carbons (Fsp3) is 0.333. The van der Waals surface area contributed by atoms with Gasteiger partial charge in [0.2, 0.25) is 0 Å². The zero-order valence-corrected chi connectivity index (χ0v) is 17.4. The van der Waals surface area contributed by atoms with Gasteiger partial charge in [-0.3, -0.25) is 4.79 Å². The summed E-state index contributed by atoms with van der Waals surface area (Å²) in [5.74, 6) is 6.66. The smallest absolute Gasteiger partial charge is 0.387 e. The molecule has 0 radical (unpaired) electrons. The van der Waals surface area contributed by atoms with Crippen LogP contribution in [0.3, 0.4) is 0 Å². The number of aromatic nitrogens is 2. The maximum absolute atomic E-state index is 13.2. The molecule has 1 amide bonds. The summed E-state index contributed by atoms with van der Waals surface area (Å²) in [5, 5.41) is 8.93. The molecule has 2 bridgehead atoms. The number of hydrogen-bond acceptors (Lipinski definition) is 4. The maximum Gasteiger partial charge on any atom is 0.387 e. The van der Waals surface area contributed by atoms with Crippen LogP contribution in [0.2, 0.25) is 0 Å². The minimum absolute atomic E-state index is 0.0135. The first-order valence-corrected chi connectivity index (χ1v) is 10.5. The van der Waals surface area contributed by atoms with Crippen LogP contribution < -0.4 is 4.74 Å². The third kappa shape index (κ3) is 3.21. The van der Waals surface area contributed by atoms with Crippen molar-refractivity contribution in [1.82, 2.24) is 14.5 Å². The van der Waals surface area contributed by atoms with Crippen molar-refractivity contribution < 1.29 is 23.4 Å². The summed E-state index contributed by atoms with van der Waals surface area (Å²) < 4.78 is 33.2. The standard InChI is InChI=1S/C24H21F2N3O3/c1-28-19-13-18(21-15(23(28)31)7-5-8-20(21)32-24(25)26)29-17-12-14(6-3-2-4-11-30)9-10-16(17)27-22(19)29/h5,7-10,12,18-19,24,30H,2,4,11,13H2,1H3/t18-,19?/m1/s1. The van der Waals surface area contributed by atoms with E-state index in [1.165, 1.54) is 6.07 Å². The van der Waals surface area contributed by atoms with E-state index < -0.39 is 6.61 Å². The van der Waals surface area contributed by atoms with Gasteiger partial charge in [0.05, 0.1) is 23.1 Å². The van der Waals surface area contributed by atoms with Crippen LogP contribution in [-0.4, -0.2) is 45.7 Å². The summed E-state index contributed by atoms with van der Waals surface area (Å²) in [7, 11) is 1.72. The Balaban J connectivity index is 1.69. The maximum atomic E-state index is 13.2. The number of fused-ring (bicyclic) bond motifs is 9. The van der Waals surface area contributed by atoms with E-state index in [0.717, 1.165) is 22.4 Å². The Labute approximate surface area is 183 Å². The number of imidazole rings is 1. The largest absolute Gasteiger partial charge is 0.434 e. The summed E-state index contributed by atoms with van der Waals surface area (Å²) in [6.07, 6.45) is 1.74. The molecule has 32 heavy (non-hydrogen) atoms. The van der Waals surface area contributed by atoms with E-state index in [1.807, 2.05) is 22.8 Å². The summed E-state index contributed by atoms with van der Waals surface area (Å²) in [4.78, 5) is 19.5. The van der Waals surface area contributed by atoms with Gasteiger partial charge >= 0.3 is 6.61 Å². The quantitative estimate of drug-likeness (QED) is 0.497. The molecule has 2 atom stereocenters. The first kappa shape index (κ1) is 20.5. The van der Waals surface area contributed by atoms with Crippen LogP contribution in [-0.2, 0) is 0 Å². The number of aliphatic hydroxyl groups is 1. The van der Waals surface area contributed by atoms with Gasteiger partial charge in [0.1, 0.15) is 11.6 Å². The van der Waals surface area contributed by atoms with Crippen molar-refractivity contribution in [2.75, 3.05) is 13.7 Å². The predicted octanol–water partition coefficient (Wildman–Crippen LogP) is 3.88. The number of hydrogen-bond donors (Lipinski definition) is 1. The van der Waals surface area contributed by atoms with Crippen molar-refractivity contribution in [3.05, 3.63) is 58.9 Å². The Hall–Kier alpha value is -3.44. The number of carbonyl (C=O) groups excluding carboxylic acids is 1. The molecule has 1 unspecified atom stereocenters. The Kier molecular flexibility index (Phi) is 5.06. The van der Waals surface area contributed by atoms with Gasteiger partial charge in [-0.1, -0.05) is 17.9 Å². The van der Waals surface area contributed by atoms with E-state index in [9.17, 15) is 13.6 Å². The van der Waals surface area contributed by atoms with Crippen LogP contribution in [0, 0.1) is 11.8 Å². The molecule has 1 aromatic heterocycles. The number of ether oxygens (including phenoxy) is 1. The second-order valence-electron chi connectivity index (χ2n) is 7.95.